The zero-order chi connectivity index (χ0) is 13.1. The summed E-state index contributed by atoms with van der Waals surface area (Å²) in [7, 11) is 0. The van der Waals surface area contributed by atoms with Crippen LogP contribution in [0.15, 0.2) is 77.0 Å². The molecule has 0 aromatic heterocycles. The summed E-state index contributed by atoms with van der Waals surface area (Å²) in [6.07, 6.45) is 0. The van der Waals surface area contributed by atoms with Gasteiger partial charge in [-0.25, -0.2) is 0 Å². The second kappa shape index (κ2) is 5.02. The van der Waals surface area contributed by atoms with Gasteiger partial charge in [0.25, 0.3) is 0 Å². The van der Waals surface area contributed by atoms with Gasteiger partial charge in [0, 0.05) is 0 Å². The van der Waals surface area contributed by atoms with Crippen LogP contribution in [0.25, 0.3) is 10.8 Å². The summed E-state index contributed by atoms with van der Waals surface area (Å²) in [6.45, 7) is 2.05. The van der Waals surface area contributed by atoms with Crippen LogP contribution in [0, 0.1) is 6.92 Å². The van der Waals surface area contributed by atoms with E-state index in [1.165, 1.54) is 16.3 Å². The molecule has 0 aliphatic heterocycles. The Morgan fingerprint density at radius 2 is 1.37 bits per heavy atom. The van der Waals surface area contributed by atoms with E-state index in [0.29, 0.717) is 0 Å². The quantitative estimate of drug-likeness (QED) is 0.528. The van der Waals surface area contributed by atoms with Crippen molar-refractivity contribution in [2.75, 3.05) is 0 Å². The Balaban J connectivity index is 1.92. The lowest BCUT2D eigenvalue weighted by Gasteiger charge is -1.98. The van der Waals surface area contributed by atoms with Crippen LogP contribution in [0.2, 0.25) is 0 Å². The van der Waals surface area contributed by atoms with E-state index in [1.807, 2.05) is 36.4 Å². The van der Waals surface area contributed by atoms with Gasteiger partial charge in [-0.1, -0.05) is 42.5 Å². The van der Waals surface area contributed by atoms with E-state index in [0.717, 1.165) is 11.4 Å². The van der Waals surface area contributed by atoms with Gasteiger partial charge in [0.2, 0.25) is 0 Å². The van der Waals surface area contributed by atoms with Gasteiger partial charge < -0.3 is 0 Å². The van der Waals surface area contributed by atoms with E-state index in [9.17, 15) is 0 Å². The maximum absolute atomic E-state index is 4.29. The molecule has 3 aromatic rings. The molecule has 19 heavy (non-hydrogen) atoms. The molecule has 0 heterocycles. The summed E-state index contributed by atoms with van der Waals surface area (Å²) >= 11 is 0. The van der Waals surface area contributed by atoms with Gasteiger partial charge >= 0.3 is 0 Å². The average molecular weight is 246 g/mol. The Bertz CT molecular complexity index is 745. The van der Waals surface area contributed by atoms with Crippen LogP contribution in [-0.2, 0) is 0 Å². The molecule has 0 atom stereocenters. The first kappa shape index (κ1) is 11.6. The Labute approximate surface area is 112 Å². The zero-order valence-electron chi connectivity index (χ0n) is 10.7. The van der Waals surface area contributed by atoms with Crippen molar-refractivity contribution in [1.82, 2.24) is 0 Å². The molecule has 0 N–H and O–H groups in total. The number of benzene rings is 3. The lowest BCUT2D eigenvalue weighted by atomic mass is 10.1. The van der Waals surface area contributed by atoms with Crippen LogP contribution in [0.5, 0.6) is 0 Å². The normalized spacial score (nSPS) is 11.2. The van der Waals surface area contributed by atoms with Gasteiger partial charge in [-0.3, -0.25) is 0 Å². The predicted octanol–water partition coefficient (Wildman–Crippen LogP) is 5.56. The van der Waals surface area contributed by atoms with Crippen LogP contribution < -0.4 is 0 Å². The van der Waals surface area contributed by atoms with Gasteiger partial charge in [-0.15, -0.1) is 0 Å². The molecule has 3 aromatic carbocycles. The molecule has 0 unspecified atom stereocenters. The van der Waals surface area contributed by atoms with Crippen molar-refractivity contribution in [3.8, 4) is 0 Å². The van der Waals surface area contributed by atoms with E-state index < -0.39 is 0 Å². The second-order valence-electron chi connectivity index (χ2n) is 4.57. The van der Waals surface area contributed by atoms with Crippen LogP contribution in [0.1, 0.15) is 5.56 Å². The van der Waals surface area contributed by atoms with E-state index in [1.54, 1.807) is 0 Å². The Kier molecular flexibility index (Phi) is 3.07. The van der Waals surface area contributed by atoms with Crippen molar-refractivity contribution in [1.29, 1.82) is 0 Å². The third kappa shape index (κ3) is 2.68. The molecule has 0 fully saturated rings. The summed E-state index contributed by atoms with van der Waals surface area (Å²) in [5.41, 5.74) is 2.95. The lowest BCUT2D eigenvalue weighted by Crippen LogP contribution is -1.71. The Morgan fingerprint density at radius 3 is 2.16 bits per heavy atom. The molecule has 0 radical (unpaired) electrons. The second-order valence-corrected chi connectivity index (χ2v) is 4.57. The molecule has 0 aliphatic rings. The summed E-state index contributed by atoms with van der Waals surface area (Å²) < 4.78 is 0. The van der Waals surface area contributed by atoms with E-state index in [2.05, 4.69) is 47.5 Å². The number of hydrogen-bond donors (Lipinski definition) is 0. The van der Waals surface area contributed by atoms with Crippen LogP contribution >= 0.6 is 0 Å². The van der Waals surface area contributed by atoms with Crippen LogP contribution in [-0.4, -0.2) is 0 Å². The first-order valence-electron chi connectivity index (χ1n) is 6.28. The highest BCUT2D eigenvalue weighted by Gasteiger charge is 1.95. The molecule has 92 valence electrons. The Morgan fingerprint density at radius 1 is 0.632 bits per heavy atom. The molecule has 0 amide bonds. The van der Waals surface area contributed by atoms with Crippen molar-refractivity contribution in [2.45, 2.75) is 6.92 Å². The summed E-state index contributed by atoms with van der Waals surface area (Å²) in [5.74, 6) is 0. The fourth-order valence-electron chi connectivity index (χ4n) is 2.04. The number of azo groups is 1. The first-order chi connectivity index (χ1) is 9.31. The van der Waals surface area contributed by atoms with Crippen LogP contribution in [0.3, 0.4) is 0 Å². The van der Waals surface area contributed by atoms with E-state index >= 15 is 0 Å². The molecule has 0 saturated carbocycles. The van der Waals surface area contributed by atoms with Gasteiger partial charge in [-0.05, 0) is 47.5 Å². The highest BCUT2D eigenvalue weighted by molar-refractivity contribution is 5.85. The smallest absolute Gasteiger partial charge is 0.0863 e. The van der Waals surface area contributed by atoms with E-state index in [4.69, 9.17) is 0 Å². The summed E-state index contributed by atoms with van der Waals surface area (Å²) in [5, 5.41) is 11.0. The molecule has 0 aliphatic carbocycles. The number of rotatable bonds is 2. The molecule has 2 nitrogen and oxygen atoms in total. The van der Waals surface area contributed by atoms with E-state index in [-0.39, 0.29) is 0 Å². The maximum Gasteiger partial charge on any atom is 0.0863 e. The number of hydrogen-bond acceptors (Lipinski definition) is 2. The lowest BCUT2D eigenvalue weighted by molar-refractivity contribution is 1.23. The van der Waals surface area contributed by atoms with Gasteiger partial charge in [0.05, 0.1) is 11.4 Å². The highest BCUT2D eigenvalue weighted by Crippen LogP contribution is 2.23. The number of fused-ring (bicyclic) bond motifs is 1. The minimum atomic E-state index is 0.875. The van der Waals surface area contributed by atoms with Crippen molar-refractivity contribution in [3.63, 3.8) is 0 Å². The molecule has 0 saturated heterocycles. The third-order valence-electron chi connectivity index (χ3n) is 3.02. The van der Waals surface area contributed by atoms with Gasteiger partial charge in [-0.2, -0.15) is 10.2 Å². The average Bonchev–Trinajstić information content (AvgIpc) is 2.45. The third-order valence-corrected chi connectivity index (χ3v) is 3.02. The monoisotopic (exact) mass is 246 g/mol. The SMILES string of the molecule is Cc1cccc(N=Nc2ccc3ccccc3c2)c1. The predicted molar refractivity (Wildman–Crippen MR) is 79.3 cm³/mol. The van der Waals surface area contributed by atoms with Crippen molar-refractivity contribution in [2.24, 2.45) is 10.2 Å². The maximum atomic E-state index is 4.29. The van der Waals surface area contributed by atoms with Crippen molar-refractivity contribution in [3.05, 3.63) is 72.3 Å². The van der Waals surface area contributed by atoms with Crippen LogP contribution in [0.4, 0.5) is 11.4 Å². The molecule has 0 spiro atoms. The first-order valence-corrected chi connectivity index (χ1v) is 6.28. The van der Waals surface area contributed by atoms with Crippen molar-refractivity contribution >= 4 is 22.1 Å². The van der Waals surface area contributed by atoms with Gasteiger partial charge in [0.15, 0.2) is 0 Å². The summed E-state index contributed by atoms with van der Waals surface area (Å²) in [6, 6.07) is 22.4. The fourth-order valence-corrected chi connectivity index (χ4v) is 2.04. The molecular formula is C17H14N2. The zero-order valence-corrected chi connectivity index (χ0v) is 10.7. The van der Waals surface area contributed by atoms with Gasteiger partial charge in [0.1, 0.15) is 0 Å². The highest BCUT2D eigenvalue weighted by atomic mass is 15.1. The number of nitrogens with zero attached hydrogens (tertiary/aromatic N) is 2. The number of aryl methyl sites for hydroxylation is 1. The topological polar surface area (TPSA) is 24.7 Å². The largest absolute Gasteiger partial charge is 0.151 e. The molecular weight excluding hydrogens is 232 g/mol. The minimum absolute atomic E-state index is 0.875. The minimum Gasteiger partial charge on any atom is -0.151 e. The molecule has 0 bridgehead atoms. The summed E-state index contributed by atoms with van der Waals surface area (Å²) in [4.78, 5) is 0. The Hall–Kier alpha value is -2.48. The molecule has 3 rings (SSSR count). The molecule has 2 heteroatoms. The standard InChI is InChI=1S/C17H14N2/c1-13-5-4-8-16(11-13)18-19-17-10-9-14-6-2-3-7-15(14)12-17/h2-12H,1H3. The fraction of sp³-hybridized carbons (Fsp3) is 0.0588. The van der Waals surface area contributed by atoms with Crippen molar-refractivity contribution < 1.29 is 0 Å².